The zero-order valence-corrected chi connectivity index (χ0v) is 18.0. The maximum Gasteiger partial charge on any atom is 0.241 e. The Balaban J connectivity index is 3.13. The first-order valence-corrected chi connectivity index (χ1v) is 8.99. The normalized spacial score (nSPS) is 13.0. The van der Waals surface area contributed by atoms with E-state index in [9.17, 15) is 0 Å². The molecule has 1 rings (SSSR count). The van der Waals surface area contributed by atoms with Crippen LogP contribution >= 0.6 is 114 Å². The van der Waals surface area contributed by atoms with E-state index < -0.39 is 10.8 Å². The van der Waals surface area contributed by atoms with Crippen molar-refractivity contribution in [3.63, 3.8) is 0 Å². The van der Waals surface area contributed by atoms with Gasteiger partial charge in [0.25, 0.3) is 0 Å². The Labute approximate surface area is 172 Å². The fourth-order valence-corrected chi connectivity index (χ4v) is 2.15. The van der Waals surface area contributed by atoms with E-state index in [4.69, 9.17) is 14.2 Å². The summed E-state index contributed by atoms with van der Waals surface area (Å²) >= 11 is 36.4. The number of thiol groups is 9. The monoisotopic (exact) mass is 456 g/mol. The molecule has 0 atom stereocenters. The van der Waals surface area contributed by atoms with Gasteiger partial charge in [-0.25, -0.2) is 0 Å². The molecule has 0 aliphatic heterocycles. The van der Waals surface area contributed by atoms with Gasteiger partial charge in [-0.3, -0.25) is 0 Å². The second-order valence-corrected chi connectivity index (χ2v) is 12.5. The van der Waals surface area contributed by atoms with E-state index in [0.717, 1.165) is 0 Å². The Morgan fingerprint density at radius 3 is 0.810 bits per heavy atom. The van der Waals surface area contributed by atoms with Gasteiger partial charge in [0.1, 0.15) is 17.2 Å². The summed E-state index contributed by atoms with van der Waals surface area (Å²) in [6, 6.07) is 4.62. The minimum absolute atomic E-state index is 0.320. The van der Waals surface area contributed by atoms with Gasteiger partial charge < -0.3 is 14.2 Å². The topological polar surface area (TPSA) is 27.7 Å². The standard InChI is InChI=1S/C9H12O3S9/c13-7(14,15)10-4-1-5(11-8(16,17)18)3-6(2-4)12-9(19,20)21/h1-3,13-21H. The summed E-state index contributed by atoms with van der Waals surface area (Å²) in [4.78, 5) is 0. The lowest BCUT2D eigenvalue weighted by Gasteiger charge is -2.23. The van der Waals surface area contributed by atoms with Crippen molar-refractivity contribution in [1.29, 1.82) is 0 Å². The van der Waals surface area contributed by atoms with E-state index in [1.54, 1.807) is 18.2 Å². The number of rotatable bonds is 6. The van der Waals surface area contributed by atoms with Gasteiger partial charge in [0, 0.05) is 18.2 Å². The van der Waals surface area contributed by atoms with Crippen LogP contribution in [-0.4, -0.2) is 10.8 Å². The van der Waals surface area contributed by atoms with Crippen LogP contribution in [0.25, 0.3) is 0 Å². The van der Waals surface area contributed by atoms with E-state index in [0.29, 0.717) is 17.2 Å². The van der Waals surface area contributed by atoms with E-state index in [1.807, 2.05) is 0 Å². The molecule has 0 fully saturated rings. The van der Waals surface area contributed by atoms with Crippen molar-refractivity contribution >= 4 is 114 Å². The Morgan fingerprint density at radius 1 is 0.476 bits per heavy atom. The summed E-state index contributed by atoms with van der Waals surface area (Å²) in [5.74, 6) is 0.961. The highest BCUT2D eigenvalue weighted by atomic mass is 32.2. The molecule has 120 valence electrons. The van der Waals surface area contributed by atoms with Crippen molar-refractivity contribution in [3.05, 3.63) is 18.2 Å². The Bertz CT molecular complexity index is 405. The van der Waals surface area contributed by atoms with Crippen LogP contribution in [0.3, 0.4) is 0 Å². The molecule has 0 amide bonds. The van der Waals surface area contributed by atoms with Crippen LogP contribution < -0.4 is 14.2 Å². The van der Waals surface area contributed by atoms with Gasteiger partial charge in [-0.1, -0.05) is 0 Å². The van der Waals surface area contributed by atoms with E-state index in [1.165, 1.54) is 0 Å². The van der Waals surface area contributed by atoms with Crippen molar-refractivity contribution in [2.75, 3.05) is 0 Å². The molecule has 0 unspecified atom stereocenters. The third kappa shape index (κ3) is 10.3. The van der Waals surface area contributed by atoms with Crippen LogP contribution in [0, 0.1) is 0 Å². The molecule has 0 spiro atoms. The highest BCUT2D eigenvalue weighted by Crippen LogP contribution is 2.39. The molecule has 3 nitrogen and oxygen atoms in total. The van der Waals surface area contributed by atoms with E-state index >= 15 is 0 Å². The molecule has 0 heterocycles. The van der Waals surface area contributed by atoms with Crippen LogP contribution in [0.1, 0.15) is 0 Å². The first-order valence-electron chi connectivity index (χ1n) is 4.97. The van der Waals surface area contributed by atoms with Crippen molar-refractivity contribution in [1.82, 2.24) is 0 Å². The zero-order valence-electron chi connectivity index (χ0n) is 9.98. The summed E-state index contributed by atoms with van der Waals surface area (Å²) in [5, 5.41) is 0. The molecule has 1 aromatic carbocycles. The van der Waals surface area contributed by atoms with Gasteiger partial charge in [0.2, 0.25) is 10.8 Å². The van der Waals surface area contributed by atoms with Crippen LogP contribution in [0.2, 0.25) is 0 Å². The Hall–Kier alpha value is 1.77. The summed E-state index contributed by atoms with van der Waals surface area (Å²) in [7, 11) is 0. The minimum atomic E-state index is -1.30. The lowest BCUT2D eigenvalue weighted by molar-refractivity contribution is 0.311. The Kier molecular flexibility index (Phi) is 7.70. The third-order valence-corrected chi connectivity index (χ3v) is 2.44. The molecule has 0 saturated carbocycles. The first kappa shape index (κ1) is 20.8. The van der Waals surface area contributed by atoms with E-state index in [-0.39, 0.29) is 0 Å². The van der Waals surface area contributed by atoms with Crippen LogP contribution in [-0.2, 0) is 0 Å². The van der Waals surface area contributed by atoms with Gasteiger partial charge in [0.15, 0.2) is 0 Å². The maximum atomic E-state index is 5.39. The van der Waals surface area contributed by atoms with Crippen LogP contribution in [0.5, 0.6) is 17.2 Å². The molecule has 1 aromatic rings. The minimum Gasteiger partial charge on any atom is -0.458 e. The van der Waals surface area contributed by atoms with Gasteiger partial charge in [0.05, 0.1) is 0 Å². The van der Waals surface area contributed by atoms with E-state index in [2.05, 4.69) is 114 Å². The predicted molar refractivity (Wildman–Crippen MR) is 117 cm³/mol. The molecule has 0 aliphatic rings. The highest BCUT2D eigenvalue weighted by Gasteiger charge is 2.22. The van der Waals surface area contributed by atoms with Gasteiger partial charge in [-0.2, -0.15) is 0 Å². The molecule has 0 saturated heterocycles. The maximum absolute atomic E-state index is 5.39. The SMILES string of the molecule is SC(S)(S)Oc1cc(OC(S)(S)S)cc(OC(S)(S)S)c1. The molecule has 0 aliphatic carbocycles. The van der Waals surface area contributed by atoms with Crippen molar-refractivity contribution in [3.8, 4) is 17.2 Å². The summed E-state index contributed by atoms with van der Waals surface area (Å²) in [6.45, 7) is 0. The second kappa shape index (κ2) is 7.77. The number of hydrogen-bond acceptors (Lipinski definition) is 12. The first-order chi connectivity index (χ1) is 9.23. The predicted octanol–water partition coefficient (Wildman–Crippen LogP) is 4.03. The molecule has 0 bridgehead atoms. The molecule has 0 aromatic heterocycles. The number of benzene rings is 1. The average molecular weight is 457 g/mol. The lowest BCUT2D eigenvalue weighted by Crippen LogP contribution is -2.17. The van der Waals surface area contributed by atoms with Crippen LogP contribution in [0.15, 0.2) is 18.2 Å². The fraction of sp³-hybridized carbons (Fsp3) is 0.333. The zero-order chi connectivity index (χ0) is 16.5. The molecular weight excluding hydrogens is 445 g/mol. The largest absolute Gasteiger partial charge is 0.458 e. The number of ether oxygens (including phenoxy) is 3. The number of hydrogen-bond donors (Lipinski definition) is 9. The average Bonchev–Trinajstić information content (AvgIpc) is 2.06. The molecule has 0 radical (unpaired) electrons. The molecule has 12 heteroatoms. The quantitative estimate of drug-likeness (QED) is 0.239. The lowest BCUT2D eigenvalue weighted by atomic mass is 10.3. The van der Waals surface area contributed by atoms with Gasteiger partial charge >= 0.3 is 0 Å². The molecule has 0 N–H and O–H groups in total. The molecular formula is C9H12O3S9. The second-order valence-electron chi connectivity index (χ2n) is 3.67. The van der Waals surface area contributed by atoms with Gasteiger partial charge in [-0.05, 0) is 0 Å². The summed E-state index contributed by atoms with van der Waals surface area (Å²) in [5.41, 5.74) is 0. The van der Waals surface area contributed by atoms with Crippen molar-refractivity contribution in [2.45, 2.75) is 10.8 Å². The highest BCUT2D eigenvalue weighted by molar-refractivity contribution is 8.17. The smallest absolute Gasteiger partial charge is 0.241 e. The summed E-state index contributed by atoms with van der Waals surface area (Å²) < 4.78 is 12.3. The van der Waals surface area contributed by atoms with Crippen LogP contribution in [0.4, 0.5) is 0 Å². The fourth-order valence-electron chi connectivity index (χ4n) is 1.20. The van der Waals surface area contributed by atoms with Crippen molar-refractivity contribution < 1.29 is 14.2 Å². The van der Waals surface area contributed by atoms with Crippen molar-refractivity contribution in [2.24, 2.45) is 0 Å². The van der Waals surface area contributed by atoms with Gasteiger partial charge in [-0.15, -0.1) is 114 Å². The third-order valence-electron chi connectivity index (χ3n) is 1.62. The molecule has 21 heavy (non-hydrogen) atoms. The Morgan fingerprint density at radius 2 is 0.667 bits per heavy atom. The summed E-state index contributed by atoms with van der Waals surface area (Å²) in [6.07, 6.45) is 0.